The molecule has 2 aromatic carbocycles. The number of benzene rings is 2. The maximum absolute atomic E-state index is 14.6. The first kappa shape index (κ1) is 52.0. The van der Waals surface area contributed by atoms with Crippen LogP contribution in [0.3, 0.4) is 0 Å². The van der Waals surface area contributed by atoms with Crippen molar-refractivity contribution in [3.8, 4) is 0 Å². The summed E-state index contributed by atoms with van der Waals surface area (Å²) in [4.78, 5) is 30.6. The standard InChI is InChI=1S/C29H31Cl12O13P2/c30-26(31,32)14-47-13-19-22(52-25(44)29(39,40)41)20(42)21(43)24(55(45,50-15-27(33,34)35)54-48-11-17-7-3-1-4-8-17)23(19)53-56(46,51-16-28(36,37)38)49-12-18-9-5-2-6-10-18/h1-10,19-24,42-43,45H,11-16H2/q+1. The number of aliphatic hydroxyl groups is 2. The van der Waals surface area contributed by atoms with E-state index < -0.39 is 106 Å². The first-order chi connectivity index (χ1) is 25.7. The van der Waals surface area contributed by atoms with Crippen LogP contribution in [0.5, 0.6) is 0 Å². The number of rotatable bonds is 18. The molecule has 27 heteroatoms. The Kier molecular flexibility index (Phi) is 20.7. The van der Waals surface area contributed by atoms with Crippen LogP contribution in [0.2, 0.25) is 0 Å². The number of esters is 1. The van der Waals surface area contributed by atoms with E-state index in [-0.39, 0.29) is 6.61 Å². The highest BCUT2D eigenvalue weighted by Gasteiger charge is 2.70. The summed E-state index contributed by atoms with van der Waals surface area (Å²) in [5.41, 5.74) is -1.20. The molecule has 0 amide bonds. The highest BCUT2D eigenvalue weighted by Crippen LogP contribution is 2.69. The number of phosphoric ester groups is 1. The lowest BCUT2D eigenvalue weighted by Crippen LogP contribution is -2.64. The van der Waals surface area contributed by atoms with E-state index in [0.29, 0.717) is 11.1 Å². The zero-order valence-electron chi connectivity index (χ0n) is 27.8. The smallest absolute Gasteiger partial charge is 0.456 e. The zero-order valence-corrected chi connectivity index (χ0v) is 38.7. The molecular weight excluding hydrogens is 1040 g/mol. The highest BCUT2D eigenvalue weighted by atomic mass is 35.6. The Labute approximate surface area is 382 Å². The van der Waals surface area contributed by atoms with Crippen molar-refractivity contribution in [2.24, 2.45) is 5.92 Å². The van der Waals surface area contributed by atoms with Gasteiger partial charge in [-0.1, -0.05) is 200 Å². The predicted octanol–water partition coefficient (Wildman–Crippen LogP) is 9.76. The van der Waals surface area contributed by atoms with E-state index in [4.69, 9.17) is 176 Å². The van der Waals surface area contributed by atoms with E-state index in [1.165, 1.54) is 0 Å². The quantitative estimate of drug-likeness (QED) is 0.0425. The number of carbonyl (C=O) groups is 1. The second-order valence-electron chi connectivity index (χ2n) is 11.6. The van der Waals surface area contributed by atoms with Gasteiger partial charge in [-0.25, -0.2) is 9.36 Å². The maximum atomic E-state index is 14.6. The molecule has 0 aliphatic heterocycles. The fraction of sp³-hybridized carbons (Fsp3) is 0.552. The average Bonchev–Trinajstić information content (AvgIpc) is 3.08. The highest BCUT2D eigenvalue weighted by molar-refractivity contribution is 7.61. The van der Waals surface area contributed by atoms with Gasteiger partial charge in [0.25, 0.3) is 3.79 Å². The summed E-state index contributed by atoms with van der Waals surface area (Å²) in [7, 11) is -10.2. The number of carbonyl (C=O) groups excluding carboxylic acids is 1. The second-order valence-corrected chi connectivity index (χ2v) is 25.2. The minimum absolute atomic E-state index is 0.346. The van der Waals surface area contributed by atoms with E-state index >= 15 is 0 Å². The van der Waals surface area contributed by atoms with Crippen molar-refractivity contribution in [2.75, 3.05) is 26.4 Å². The lowest BCUT2D eigenvalue weighted by Gasteiger charge is -2.46. The minimum Gasteiger partial charge on any atom is -0.456 e. The molecule has 8 unspecified atom stereocenters. The van der Waals surface area contributed by atoms with Gasteiger partial charge in [0, 0.05) is 0 Å². The van der Waals surface area contributed by atoms with Crippen molar-refractivity contribution >= 4 is 161 Å². The molecule has 1 aliphatic carbocycles. The molecule has 13 nitrogen and oxygen atoms in total. The molecule has 8 atom stereocenters. The monoisotopic (exact) mass is 1070 g/mol. The zero-order chi connectivity index (χ0) is 42.2. The molecule has 0 spiro atoms. The molecule has 1 aliphatic rings. The largest absolute Gasteiger partial charge is 0.475 e. The van der Waals surface area contributed by atoms with Gasteiger partial charge in [0.1, 0.15) is 44.2 Å². The summed E-state index contributed by atoms with van der Waals surface area (Å²) in [5.74, 6) is -3.31. The maximum Gasteiger partial charge on any atom is 0.475 e. The number of alkyl halides is 12. The molecule has 0 heterocycles. The fourth-order valence-electron chi connectivity index (χ4n) is 4.85. The molecule has 1 fully saturated rings. The number of halogens is 12. The third-order valence-electron chi connectivity index (χ3n) is 7.15. The second kappa shape index (κ2) is 22.3. The third-order valence-corrected chi connectivity index (χ3v) is 12.2. The molecule has 56 heavy (non-hydrogen) atoms. The summed E-state index contributed by atoms with van der Waals surface area (Å²) in [6.45, 7) is -4.15. The Morgan fingerprint density at radius 2 is 1.21 bits per heavy atom. The van der Waals surface area contributed by atoms with Crippen LogP contribution >= 0.6 is 155 Å². The third kappa shape index (κ3) is 17.8. The topological polar surface area (TPSA) is 169 Å². The van der Waals surface area contributed by atoms with Crippen LogP contribution in [0.15, 0.2) is 60.7 Å². The van der Waals surface area contributed by atoms with Crippen LogP contribution in [-0.2, 0) is 59.7 Å². The van der Waals surface area contributed by atoms with Crippen LogP contribution in [0.25, 0.3) is 0 Å². The normalized spacial score (nSPS) is 24.6. The van der Waals surface area contributed by atoms with Crippen molar-refractivity contribution in [1.82, 2.24) is 0 Å². The van der Waals surface area contributed by atoms with Gasteiger partial charge in [0.15, 0.2) is 0 Å². The lowest BCUT2D eigenvalue weighted by atomic mass is 9.80. The van der Waals surface area contributed by atoms with Gasteiger partial charge in [0.2, 0.25) is 17.0 Å². The van der Waals surface area contributed by atoms with Gasteiger partial charge >= 0.3 is 21.7 Å². The number of phosphoric acid groups is 1. The Hall–Kier alpha value is 1.65. The van der Waals surface area contributed by atoms with Gasteiger partial charge in [0.05, 0.1) is 25.7 Å². The van der Waals surface area contributed by atoms with Gasteiger partial charge in [-0.3, -0.25) is 13.6 Å². The molecule has 1 saturated carbocycles. The first-order valence-electron chi connectivity index (χ1n) is 15.4. The van der Waals surface area contributed by atoms with Crippen LogP contribution in [0.4, 0.5) is 0 Å². The average molecular weight is 1070 g/mol. The lowest BCUT2D eigenvalue weighted by molar-refractivity contribution is -0.240. The van der Waals surface area contributed by atoms with Gasteiger partial charge in [-0.2, -0.15) is 14.3 Å². The first-order valence-corrected chi connectivity index (χ1v) is 23.0. The Balaban J connectivity index is 2.24. The number of ether oxygens (including phenoxy) is 2. The van der Waals surface area contributed by atoms with Crippen LogP contribution in [0, 0.1) is 5.92 Å². The van der Waals surface area contributed by atoms with E-state index in [2.05, 4.69) is 0 Å². The van der Waals surface area contributed by atoms with Crippen LogP contribution < -0.4 is 0 Å². The summed E-state index contributed by atoms with van der Waals surface area (Å²) in [5, 5.41) is 23.4. The SMILES string of the molecule is O=C(OC1C(O)C(O)C([P+](O)(OCC(Cl)(Cl)Cl)OOCc2ccccc2)C(OP(=O)(OCc2ccccc2)OCC(Cl)(Cl)Cl)C1COCC(Cl)(Cl)Cl)C(Cl)(Cl)Cl. The minimum atomic E-state index is -5.15. The van der Waals surface area contributed by atoms with Gasteiger partial charge in [-0.15, -0.1) is 0 Å². The van der Waals surface area contributed by atoms with E-state index in [1.807, 2.05) is 0 Å². The molecule has 318 valence electrons. The predicted molar refractivity (Wildman–Crippen MR) is 218 cm³/mol. The molecule has 0 radical (unpaired) electrons. The van der Waals surface area contributed by atoms with E-state index in [1.54, 1.807) is 60.7 Å². The molecule has 3 N–H and O–H groups in total. The number of hydrogen-bond acceptors (Lipinski definition) is 13. The fourth-order valence-corrected chi connectivity index (χ4v) is 9.64. The van der Waals surface area contributed by atoms with Crippen molar-refractivity contribution in [2.45, 2.75) is 58.5 Å². The molecule has 3 rings (SSSR count). The molecule has 2 aromatic rings. The van der Waals surface area contributed by atoms with Gasteiger partial charge < -0.3 is 19.7 Å². The van der Waals surface area contributed by atoms with Gasteiger partial charge in [-0.05, 0) is 15.8 Å². The summed E-state index contributed by atoms with van der Waals surface area (Å²) < 4.78 is 44.5. The number of hydrogen-bond donors (Lipinski definition) is 3. The molecule has 0 bridgehead atoms. The van der Waals surface area contributed by atoms with E-state index in [0.717, 1.165) is 0 Å². The molecule has 0 aromatic heterocycles. The molecule has 0 saturated heterocycles. The Bertz CT molecular complexity index is 1570. The Morgan fingerprint density at radius 3 is 1.71 bits per heavy atom. The summed E-state index contributed by atoms with van der Waals surface area (Å²) >= 11 is 70.6. The number of aliphatic hydroxyl groups excluding tert-OH is 2. The molecular formula is C29H31Cl12O13P2+. The van der Waals surface area contributed by atoms with Crippen molar-refractivity contribution in [3.63, 3.8) is 0 Å². The summed E-state index contributed by atoms with van der Waals surface area (Å²) in [6.07, 6.45) is -8.76. The van der Waals surface area contributed by atoms with Crippen LogP contribution in [-0.4, -0.2) is 92.7 Å². The Morgan fingerprint density at radius 1 is 0.696 bits per heavy atom. The van der Waals surface area contributed by atoms with Crippen molar-refractivity contribution in [1.29, 1.82) is 0 Å². The van der Waals surface area contributed by atoms with E-state index in [9.17, 15) is 24.5 Å². The summed E-state index contributed by atoms with van der Waals surface area (Å²) in [6, 6.07) is 16.5. The van der Waals surface area contributed by atoms with Crippen molar-refractivity contribution < 1.29 is 61.6 Å². The van der Waals surface area contributed by atoms with Crippen molar-refractivity contribution in [3.05, 3.63) is 71.8 Å². The van der Waals surface area contributed by atoms with Crippen LogP contribution in [0.1, 0.15) is 11.1 Å².